The number of rotatable bonds is 8. The fourth-order valence-corrected chi connectivity index (χ4v) is 4.58. The van der Waals surface area contributed by atoms with Gasteiger partial charge in [-0.1, -0.05) is 54.4 Å². The molecule has 2 N–H and O–H groups in total. The van der Waals surface area contributed by atoms with Crippen LogP contribution in [0.15, 0.2) is 60.9 Å². The Kier molecular flexibility index (Phi) is 7.09. The number of nitrogens with zero attached hydrogens (tertiary/aromatic N) is 1. The quantitative estimate of drug-likeness (QED) is 0.414. The van der Waals surface area contributed by atoms with Gasteiger partial charge in [-0.3, -0.25) is 14.6 Å². The van der Waals surface area contributed by atoms with E-state index in [0.717, 1.165) is 52.8 Å². The van der Waals surface area contributed by atoms with Gasteiger partial charge in [-0.05, 0) is 66.5 Å². The van der Waals surface area contributed by atoms with Crippen LogP contribution in [0.1, 0.15) is 48.3 Å². The third kappa shape index (κ3) is 5.42. The second kappa shape index (κ2) is 10.2. The van der Waals surface area contributed by atoms with Crippen molar-refractivity contribution in [3.63, 3.8) is 0 Å². The van der Waals surface area contributed by atoms with Crippen LogP contribution in [0, 0.1) is 12.8 Å². The molecule has 0 radical (unpaired) electrons. The van der Waals surface area contributed by atoms with Gasteiger partial charge in [-0.25, -0.2) is 0 Å². The number of nitrogens with one attached hydrogen (secondary N) is 1. The van der Waals surface area contributed by atoms with Gasteiger partial charge >= 0.3 is 5.97 Å². The molecular formula is C27H27ClN2O3. The predicted octanol–water partition coefficient (Wildman–Crippen LogP) is 6.25. The molecule has 6 heteroatoms. The molecular weight excluding hydrogens is 436 g/mol. The molecule has 2 aromatic carbocycles. The van der Waals surface area contributed by atoms with E-state index in [1.165, 1.54) is 0 Å². The molecule has 1 aliphatic carbocycles. The normalized spacial score (nSPS) is 14.4. The highest BCUT2D eigenvalue weighted by Gasteiger charge is 2.34. The molecule has 0 unspecified atom stereocenters. The molecule has 0 spiro atoms. The number of carboxylic acid groups (broad SMARTS) is 1. The molecule has 1 amide bonds. The Hall–Kier alpha value is -3.18. The van der Waals surface area contributed by atoms with Crippen LogP contribution in [0.3, 0.4) is 0 Å². The highest BCUT2D eigenvalue weighted by molar-refractivity contribution is 6.30. The zero-order valence-corrected chi connectivity index (χ0v) is 19.3. The summed E-state index contributed by atoms with van der Waals surface area (Å²) in [6.45, 7) is 1.93. The maximum Gasteiger partial charge on any atom is 0.303 e. The first kappa shape index (κ1) is 23.0. The largest absolute Gasteiger partial charge is 0.481 e. The van der Waals surface area contributed by atoms with Crippen molar-refractivity contribution in [2.75, 3.05) is 5.32 Å². The highest BCUT2D eigenvalue weighted by Crippen LogP contribution is 2.40. The Bertz CT molecular complexity index is 1160. The fourth-order valence-electron chi connectivity index (χ4n) is 4.41. The molecule has 0 bridgehead atoms. The summed E-state index contributed by atoms with van der Waals surface area (Å²) in [6, 6.07) is 15.6. The van der Waals surface area contributed by atoms with E-state index in [1.807, 2.05) is 55.5 Å². The van der Waals surface area contributed by atoms with E-state index in [4.69, 9.17) is 16.7 Å². The van der Waals surface area contributed by atoms with Gasteiger partial charge in [0.05, 0.1) is 10.9 Å². The molecule has 33 heavy (non-hydrogen) atoms. The van der Waals surface area contributed by atoms with Crippen LogP contribution in [0.4, 0.5) is 5.69 Å². The molecule has 0 aliphatic heterocycles. The number of amides is 1. The first-order valence-electron chi connectivity index (χ1n) is 11.2. The Morgan fingerprint density at radius 2 is 1.88 bits per heavy atom. The highest BCUT2D eigenvalue weighted by atomic mass is 35.5. The number of aromatic nitrogens is 1. The molecule has 170 valence electrons. The average molecular weight is 463 g/mol. The minimum atomic E-state index is -0.828. The van der Waals surface area contributed by atoms with E-state index in [2.05, 4.69) is 10.3 Å². The number of pyridine rings is 1. The van der Waals surface area contributed by atoms with Crippen molar-refractivity contribution in [3.8, 4) is 11.1 Å². The first-order valence-corrected chi connectivity index (χ1v) is 11.6. The Balaban J connectivity index is 1.55. The number of hydrogen-bond donors (Lipinski definition) is 2. The van der Waals surface area contributed by atoms with Gasteiger partial charge in [0.15, 0.2) is 0 Å². The first-order chi connectivity index (χ1) is 15.9. The lowest BCUT2D eigenvalue weighted by Crippen LogP contribution is -2.31. The van der Waals surface area contributed by atoms with Crippen molar-refractivity contribution >= 4 is 29.2 Å². The maximum absolute atomic E-state index is 13.4. The molecule has 4 rings (SSSR count). The smallest absolute Gasteiger partial charge is 0.303 e. The fraction of sp³-hybridized carbons (Fsp3) is 0.296. The Morgan fingerprint density at radius 1 is 1.12 bits per heavy atom. The third-order valence-corrected chi connectivity index (χ3v) is 6.73. The summed E-state index contributed by atoms with van der Waals surface area (Å²) in [4.78, 5) is 28.6. The zero-order valence-electron chi connectivity index (χ0n) is 18.6. The van der Waals surface area contributed by atoms with Gasteiger partial charge in [0, 0.05) is 30.1 Å². The lowest BCUT2D eigenvalue weighted by molar-refractivity contribution is -0.137. The molecule has 1 heterocycles. The SMILES string of the molecule is Cc1c(CCC(=O)O)cccc1NC(=O)[C@@H](c1ccc(-c2cncc(Cl)c2)cc1)C1CCC1. The number of anilines is 1. The second-order valence-electron chi connectivity index (χ2n) is 8.66. The van der Waals surface area contributed by atoms with Gasteiger partial charge in [0.1, 0.15) is 0 Å². The summed E-state index contributed by atoms with van der Waals surface area (Å²) >= 11 is 6.08. The molecule has 3 aromatic rings. The van der Waals surface area contributed by atoms with Crippen LogP contribution < -0.4 is 5.32 Å². The van der Waals surface area contributed by atoms with E-state index in [0.29, 0.717) is 17.4 Å². The molecule has 1 aromatic heterocycles. The van der Waals surface area contributed by atoms with Crippen LogP contribution in [-0.4, -0.2) is 22.0 Å². The number of benzene rings is 2. The number of carbonyl (C=O) groups excluding carboxylic acids is 1. The van der Waals surface area contributed by atoms with Gasteiger partial charge in [0.2, 0.25) is 5.91 Å². The van der Waals surface area contributed by atoms with Gasteiger partial charge in [0.25, 0.3) is 0 Å². The van der Waals surface area contributed by atoms with Gasteiger partial charge in [-0.2, -0.15) is 0 Å². The van der Waals surface area contributed by atoms with Crippen molar-refractivity contribution in [3.05, 3.63) is 82.6 Å². The van der Waals surface area contributed by atoms with Crippen LogP contribution in [0.2, 0.25) is 5.02 Å². The molecule has 0 saturated heterocycles. The Morgan fingerprint density at radius 3 is 2.52 bits per heavy atom. The van der Waals surface area contributed by atoms with Crippen LogP contribution in [-0.2, 0) is 16.0 Å². The minimum Gasteiger partial charge on any atom is -0.481 e. The van der Waals surface area contributed by atoms with Crippen LogP contribution >= 0.6 is 11.6 Å². The van der Waals surface area contributed by atoms with Gasteiger partial charge < -0.3 is 10.4 Å². The number of halogens is 1. The summed E-state index contributed by atoms with van der Waals surface area (Å²) in [5, 5.41) is 12.7. The number of carboxylic acids is 1. The topological polar surface area (TPSA) is 79.3 Å². The summed E-state index contributed by atoms with van der Waals surface area (Å²) in [5.41, 5.74) is 5.54. The van der Waals surface area contributed by atoms with Crippen molar-refractivity contribution in [1.82, 2.24) is 4.98 Å². The van der Waals surface area contributed by atoms with Crippen molar-refractivity contribution in [2.45, 2.75) is 44.9 Å². The number of hydrogen-bond acceptors (Lipinski definition) is 3. The standard InChI is InChI=1S/C27H27ClN2O3/c1-17-18(12-13-25(31)32)4-3-7-24(17)30-27(33)26(20-5-2-6-20)21-10-8-19(9-11-21)22-14-23(28)16-29-15-22/h3-4,7-11,14-16,20,26H,2,5-6,12-13H2,1H3,(H,30,33)(H,31,32)/t26-/m1/s1. The van der Waals surface area contributed by atoms with Crippen molar-refractivity contribution < 1.29 is 14.7 Å². The molecule has 1 atom stereocenters. The maximum atomic E-state index is 13.4. The third-order valence-electron chi connectivity index (χ3n) is 6.52. The zero-order chi connectivity index (χ0) is 23.4. The average Bonchev–Trinajstić information content (AvgIpc) is 2.76. The summed E-state index contributed by atoms with van der Waals surface area (Å²) < 4.78 is 0. The number of carbonyl (C=O) groups is 2. The van der Waals surface area contributed by atoms with E-state index >= 15 is 0 Å². The summed E-state index contributed by atoms with van der Waals surface area (Å²) in [7, 11) is 0. The van der Waals surface area contributed by atoms with Gasteiger partial charge in [-0.15, -0.1) is 0 Å². The Labute approximate surface area is 198 Å². The lowest BCUT2D eigenvalue weighted by atomic mass is 9.72. The monoisotopic (exact) mass is 462 g/mol. The predicted molar refractivity (Wildman–Crippen MR) is 131 cm³/mol. The van der Waals surface area contributed by atoms with Crippen LogP contribution in [0.5, 0.6) is 0 Å². The summed E-state index contributed by atoms with van der Waals surface area (Å²) in [6.07, 6.45) is 7.11. The van der Waals surface area contributed by atoms with E-state index in [9.17, 15) is 9.59 Å². The van der Waals surface area contributed by atoms with Crippen molar-refractivity contribution in [2.24, 2.45) is 5.92 Å². The van der Waals surface area contributed by atoms with E-state index < -0.39 is 5.97 Å². The molecule has 5 nitrogen and oxygen atoms in total. The summed E-state index contributed by atoms with van der Waals surface area (Å²) in [5.74, 6) is -0.757. The number of aryl methyl sites for hydroxylation is 1. The van der Waals surface area contributed by atoms with E-state index in [1.54, 1.807) is 12.4 Å². The molecule has 1 aliphatic rings. The van der Waals surface area contributed by atoms with Crippen LogP contribution in [0.25, 0.3) is 11.1 Å². The number of aliphatic carboxylic acids is 1. The van der Waals surface area contributed by atoms with Crippen molar-refractivity contribution in [1.29, 1.82) is 0 Å². The minimum absolute atomic E-state index is 0.0182. The van der Waals surface area contributed by atoms with E-state index in [-0.39, 0.29) is 18.2 Å². The lowest BCUT2D eigenvalue weighted by Gasteiger charge is -2.33. The molecule has 1 saturated carbocycles. The molecule has 1 fully saturated rings. The second-order valence-corrected chi connectivity index (χ2v) is 9.09.